The Hall–Kier alpha value is -1.66. The monoisotopic (exact) mass is 944 g/mol. The van der Waals surface area contributed by atoms with Crippen LogP contribution in [0.4, 0.5) is 0 Å². The number of allylic oxidation sites excluding steroid dienone is 4. The second-order valence-electron chi connectivity index (χ2n) is 20.7. The summed E-state index contributed by atoms with van der Waals surface area (Å²) in [5.74, 6) is -0.0542. The van der Waals surface area contributed by atoms with Crippen molar-refractivity contribution < 1.29 is 24.5 Å². The van der Waals surface area contributed by atoms with Gasteiger partial charge in [0.1, 0.15) is 0 Å². The Balaban J connectivity index is 3.44. The van der Waals surface area contributed by atoms with Crippen LogP contribution < -0.4 is 5.32 Å². The van der Waals surface area contributed by atoms with Gasteiger partial charge in [0.2, 0.25) is 5.91 Å². The Labute approximate surface area is 418 Å². The summed E-state index contributed by atoms with van der Waals surface area (Å²) in [6, 6.07) is -0.549. The molecule has 0 heterocycles. The Kier molecular flexibility index (Phi) is 55.5. The SMILES string of the molecule is CCCC/C=C\C/C=C\CCCCCCCC(=O)OCCCCCCCCCCCCCCCCCC(=O)NC(CO)C(O)CCCCCCCCCCCCCCCCCCCCCCC. The Morgan fingerprint density at radius 1 is 0.418 bits per heavy atom. The van der Waals surface area contributed by atoms with Crippen LogP contribution in [-0.2, 0) is 14.3 Å². The molecule has 0 bridgehead atoms. The van der Waals surface area contributed by atoms with Crippen LogP contribution in [0.15, 0.2) is 24.3 Å². The number of aliphatic hydroxyl groups is 2. The van der Waals surface area contributed by atoms with Crippen molar-refractivity contribution in [2.24, 2.45) is 0 Å². The van der Waals surface area contributed by atoms with Crippen LogP contribution in [0.3, 0.4) is 0 Å². The van der Waals surface area contributed by atoms with E-state index in [1.54, 1.807) is 0 Å². The van der Waals surface area contributed by atoms with E-state index in [9.17, 15) is 19.8 Å². The third-order valence-electron chi connectivity index (χ3n) is 14.0. The normalized spacial score (nSPS) is 12.7. The van der Waals surface area contributed by atoms with Gasteiger partial charge < -0.3 is 20.3 Å². The smallest absolute Gasteiger partial charge is 0.305 e. The summed E-state index contributed by atoms with van der Waals surface area (Å²) >= 11 is 0. The third-order valence-corrected chi connectivity index (χ3v) is 14.0. The summed E-state index contributed by atoms with van der Waals surface area (Å²) in [5, 5.41) is 23.4. The molecule has 0 saturated carbocycles. The van der Waals surface area contributed by atoms with E-state index in [0.717, 1.165) is 57.8 Å². The summed E-state index contributed by atoms with van der Waals surface area (Å²) in [7, 11) is 0. The summed E-state index contributed by atoms with van der Waals surface area (Å²) in [6.45, 7) is 4.91. The van der Waals surface area contributed by atoms with Gasteiger partial charge in [-0.1, -0.05) is 289 Å². The number of esters is 1. The van der Waals surface area contributed by atoms with Crippen LogP contribution in [0, 0.1) is 0 Å². The van der Waals surface area contributed by atoms with Crippen LogP contribution in [0.2, 0.25) is 0 Å². The van der Waals surface area contributed by atoms with Gasteiger partial charge in [-0.05, 0) is 51.4 Å². The molecule has 1 amide bonds. The van der Waals surface area contributed by atoms with Gasteiger partial charge in [-0.2, -0.15) is 0 Å². The maximum atomic E-state index is 12.5. The second-order valence-corrected chi connectivity index (χ2v) is 20.7. The van der Waals surface area contributed by atoms with Crippen LogP contribution in [-0.4, -0.2) is 47.4 Å². The summed E-state index contributed by atoms with van der Waals surface area (Å²) in [6.07, 6.45) is 68.8. The fourth-order valence-electron chi connectivity index (χ4n) is 9.36. The lowest BCUT2D eigenvalue weighted by Gasteiger charge is -2.22. The molecule has 0 radical (unpaired) electrons. The molecule has 0 saturated heterocycles. The van der Waals surface area contributed by atoms with Gasteiger partial charge in [-0.3, -0.25) is 9.59 Å². The second kappa shape index (κ2) is 56.9. The van der Waals surface area contributed by atoms with E-state index in [1.807, 2.05) is 0 Å². The number of hydrogen-bond acceptors (Lipinski definition) is 5. The zero-order valence-electron chi connectivity index (χ0n) is 45.1. The van der Waals surface area contributed by atoms with E-state index in [-0.39, 0.29) is 18.5 Å². The molecule has 6 heteroatoms. The number of aliphatic hydroxyl groups excluding tert-OH is 2. The minimum atomic E-state index is -0.671. The first-order chi connectivity index (χ1) is 33.0. The molecule has 0 aliphatic rings. The van der Waals surface area contributed by atoms with Gasteiger partial charge in [0, 0.05) is 12.8 Å². The van der Waals surface area contributed by atoms with E-state index in [0.29, 0.717) is 25.9 Å². The first-order valence-electron chi connectivity index (χ1n) is 30.1. The van der Waals surface area contributed by atoms with Crippen LogP contribution in [0.1, 0.15) is 328 Å². The van der Waals surface area contributed by atoms with E-state index in [4.69, 9.17) is 4.74 Å². The molecular formula is C61H117NO5. The zero-order chi connectivity index (χ0) is 48.6. The average Bonchev–Trinajstić information content (AvgIpc) is 3.33. The largest absolute Gasteiger partial charge is 0.466 e. The highest BCUT2D eigenvalue weighted by Crippen LogP contribution is 2.18. The zero-order valence-corrected chi connectivity index (χ0v) is 45.1. The van der Waals surface area contributed by atoms with Crippen LogP contribution in [0.25, 0.3) is 0 Å². The van der Waals surface area contributed by atoms with Gasteiger partial charge in [-0.25, -0.2) is 0 Å². The molecule has 0 fully saturated rings. The van der Waals surface area contributed by atoms with Crippen LogP contribution in [0.5, 0.6) is 0 Å². The highest BCUT2D eigenvalue weighted by molar-refractivity contribution is 5.76. The summed E-state index contributed by atoms with van der Waals surface area (Å²) in [5.41, 5.74) is 0. The maximum absolute atomic E-state index is 12.5. The maximum Gasteiger partial charge on any atom is 0.305 e. The number of rotatable bonds is 56. The highest BCUT2D eigenvalue weighted by Gasteiger charge is 2.20. The standard InChI is InChI=1S/C61H117NO5/c1-3-5-7-9-11-13-15-17-19-20-21-22-23-24-26-29-33-37-41-45-49-53-59(64)58(57-63)62-60(65)54-50-46-42-38-34-30-27-25-28-32-36-40-44-48-52-56-67-61(66)55-51-47-43-39-35-31-18-16-14-12-10-8-6-4-2/h10,12,16,18,58-59,63-64H,3-9,11,13-15,17,19-57H2,1-2H3,(H,62,65)/b12-10-,18-16-. The van der Waals surface area contributed by atoms with Crippen molar-refractivity contribution in [3.05, 3.63) is 24.3 Å². The fourth-order valence-corrected chi connectivity index (χ4v) is 9.36. The summed E-state index contributed by atoms with van der Waals surface area (Å²) < 4.78 is 5.46. The van der Waals surface area contributed by atoms with Crippen molar-refractivity contribution in [3.63, 3.8) is 0 Å². The van der Waals surface area contributed by atoms with Crippen molar-refractivity contribution in [1.82, 2.24) is 5.32 Å². The third kappa shape index (κ3) is 53.5. The van der Waals surface area contributed by atoms with Gasteiger partial charge in [0.15, 0.2) is 0 Å². The molecule has 2 unspecified atom stereocenters. The fraction of sp³-hybridized carbons (Fsp3) is 0.902. The number of nitrogens with one attached hydrogen (secondary N) is 1. The van der Waals surface area contributed by atoms with E-state index >= 15 is 0 Å². The summed E-state index contributed by atoms with van der Waals surface area (Å²) in [4.78, 5) is 24.5. The van der Waals surface area contributed by atoms with Gasteiger partial charge in [0.05, 0.1) is 25.4 Å². The molecule has 0 aromatic carbocycles. The molecule has 0 aromatic rings. The number of carbonyl (C=O) groups excluding carboxylic acids is 2. The lowest BCUT2D eigenvalue weighted by Crippen LogP contribution is -2.45. The molecular weight excluding hydrogens is 827 g/mol. The molecule has 67 heavy (non-hydrogen) atoms. The molecule has 0 aromatic heterocycles. The number of unbranched alkanes of at least 4 members (excludes halogenated alkanes) is 41. The lowest BCUT2D eigenvalue weighted by atomic mass is 10.0. The number of hydrogen-bond donors (Lipinski definition) is 3. The quantitative estimate of drug-likeness (QED) is 0.0321. The predicted octanol–water partition coefficient (Wildman–Crippen LogP) is 18.6. The van der Waals surface area contributed by atoms with E-state index < -0.39 is 12.1 Å². The van der Waals surface area contributed by atoms with Crippen molar-refractivity contribution in [1.29, 1.82) is 0 Å². The lowest BCUT2D eigenvalue weighted by molar-refractivity contribution is -0.143. The molecule has 0 aliphatic carbocycles. The first-order valence-corrected chi connectivity index (χ1v) is 30.1. The Morgan fingerprint density at radius 3 is 1.18 bits per heavy atom. The average molecular weight is 945 g/mol. The number of carbonyl (C=O) groups is 2. The van der Waals surface area contributed by atoms with Crippen LogP contribution >= 0.6 is 0 Å². The van der Waals surface area contributed by atoms with E-state index in [1.165, 1.54) is 238 Å². The van der Waals surface area contributed by atoms with Crippen molar-refractivity contribution in [3.8, 4) is 0 Å². The minimum Gasteiger partial charge on any atom is -0.466 e. The van der Waals surface area contributed by atoms with Crippen molar-refractivity contribution in [2.75, 3.05) is 13.2 Å². The molecule has 0 aliphatic heterocycles. The molecule has 2 atom stereocenters. The van der Waals surface area contributed by atoms with Crippen molar-refractivity contribution >= 4 is 11.9 Å². The van der Waals surface area contributed by atoms with Gasteiger partial charge in [-0.15, -0.1) is 0 Å². The first kappa shape index (κ1) is 65.3. The van der Waals surface area contributed by atoms with Gasteiger partial charge in [0.25, 0.3) is 0 Å². The van der Waals surface area contributed by atoms with Gasteiger partial charge >= 0.3 is 5.97 Å². The number of ether oxygens (including phenoxy) is 1. The van der Waals surface area contributed by atoms with E-state index in [2.05, 4.69) is 43.5 Å². The topological polar surface area (TPSA) is 95.9 Å². The molecule has 0 spiro atoms. The minimum absolute atomic E-state index is 0.0132. The molecule has 6 nitrogen and oxygen atoms in total. The van der Waals surface area contributed by atoms with Crippen molar-refractivity contribution in [2.45, 2.75) is 341 Å². The highest BCUT2D eigenvalue weighted by atomic mass is 16.5. The Morgan fingerprint density at radius 2 is 0.761 bits per heavy atom. The molecule has 0 rings (SSSR count). The molecule has 396 valence electrons. The molecule has 3 N–H and O–H groups in total. The predicted molar refractivity (Wildman–Crippen MR) is 292 cm³/mol. The Bertz CT molecular complexity index is 1040. The number of amides is 1.